The fourth-order valence-corrected chi connectivity index (χ4v) is 2.42. The predicted octanol–water partition coefficient (Wildman–Crippen LogP) is 1.80. The van der Waals surface area contributed by atoms with Gasteiger partial charge in [0.05, 0.1) is 0 Å². The molecule has 6 heteroatoms. The van der Waals surface area contributed by atoms with Gasteiger partial charge in [0, 0.05) is 34.7 Å². The minimum atomic E-state index is -0.363. The first-order valence-electron chi connectivity index (χ1n) is 6.60. The molecule has 1 aromatic carbocycles. The fourth-order valence-electron chi connectivity index (χ4n) is 2.04. The molecule has 1 unspecified atom stereocenters. The van der Waals surface area contributed by atoms with Gasteiger partial charge in [-0.3, -0.25) is 9.59 Å². The second-order valence-corrected chi connectivity index (χ2v) is 5.97. The van der Waals surface area contributed by atoms with Crippen LogP contribution < -0.4 is 16.0 Å². The summed E-state index contributed by atoms with van der Waals surface area (Å²) in [5.74, 6) is -0.0689. The molecule has 108 valence electrons. The summed E-state index contributed by atoms with van der Waals surface area (Å²) >= 11 is 3.41. The third-order valence-electron chi connectivity index (χ3n) is 3.14. The summed E-state index contributed by atoms with van der Waals surface area (Å²) in [4.78, 5) is 23.3. The van der Waals surface area contributed by atoms with E-state index in [4.69, 9.17) is 0 Å². The average Bonchev–Trinajstić information content (AvgIpc) is 2.70. The molecular formula is C14H18BrN3O2. The van der Waals surface area contributed by atoms with Crippen LogP contribution in [0.1, 0.15) is 25.5 Å². The Morgan fingerprint density at radius 1 is 1.40 bits per heavy atom. The summed E-state index contributed by atoms with van der Waals surface area (Å²) in [5.41, 5.74) is 1.77. The summed E-state index contributed by atoms with van der Waals surface area (Å²) < 4.78 is 0.938. The van der Waals surface area contributed by atoms with Gasteiger partial charge in [0.25, 0.3) is 0 Å². The molecule has 2 amide bonds. The van der Waals surface area contributed by atoms with Crippen molar-refractivity contribution >= 4 is 33.4 Å². The summed E-state index contributed by atoms with van der Waals surface area (Å²) in [5, 5.41) is 8.81. The Morgan fingerprint density at radius 2 is 2.15 bits per heavy atom. The Bertz CT molecular complexity index is 531. The smallest absolute Gasteiger partial charge is 0.246 e. The van der Waals surface area contributed by atoms with E-state index in [0.29, 0.717) is 13.1 Å². The Morgan fingerprint density at radius 3 is 2.85 bits per heavy atom. The Balaban J connectivity index is 1.90. The fraction of sp³-hybridized carbons (Fsp3) is 0.429. The van der Waals surface area contributed by atoms with Gasteiger partial charge in [0.15, 0.2) is 0 Å². The quantitative estimate of drug-likeness (QED) is 0.716. The molecule has 0 spiro atoms. The van der Waals surface area contributed by atoms with Crippen LogP contribution in [0.25, 0.3) is 0 Å². The van der Waals surface area contributed by atoms with Gasteiger partial charge in [-0.25, -0.2) is 0 Å². The zero-order valence-electron chi connectivity index (χ0n) is 11.5. The SMILES string of the molecule is CC(C)C(=O)NCCNC1C(=O)Nc2ccc(Br)cc21. The largest absolute Gasteiger partial charge is 0.355 e. The first-order chi connectivity index (χ1) is 9.49. The molecule has 5 nitrogen and oxygen atoms in total. The number of carbonyl (C=O) groups excluding carboxylic acids is 2. The van der Waals surface area contributed by atoms with Gasteiger partial charge in [-0.1, -0.05) is 29.8 Å². The van der Waals surface area contributed by atoms with Gasteiger partial charge < -0.3 is 16.0 Å². The number of hydrogen-bond donors (Lipinski definition) is 3. The van der Waals surface area contributed by atoms with E-state index in [9.17, 15) is 9.59 Å². The molecule has 1 aromatic rings. The Hall–Kier alpha value is -1.40. The van der Waals surface area contributed by atoms with E-state index in [1.807, 2.05) is 32.0 Å². The number of halogens is 1. The van der Waals surface area contributed by atoms with E-state index in [0.717, 1.165) is 15.7 Å². The summed E-state index contributed by atoms with van der Waals surface area (Å²) in [6.07, 6.45) is 0. The van der Waals surface area contributed by atoms with Gasteiger partial charge in [-0.15, -0.1) is 0 Å². The number of hydrogen-bond acceptors (Lipinski definition) is 3. The third-order valence-corrected chi connectivity index (χ3v) is 3.63. The van der Waals surface area contributed by atoms with Crippen LogP contribution in [0, 0.1) is 5.92 Å². The molecule has 3 N–H and O–H groups in total. The maximum absolute atomic E-state index is 11.9. The molecule has 0 fully saturated rings. The first-order valence-corrected chi connectivity index (χ1v) is 7.39. The molecule has 0 saturated carbocycles. The Labute approximate surface area is 126 Å². The van der Waals surface area contributed by atoms with Gasteiger partial charge in [0.1, 0.15) is 6.04 Å². The highest BCUT2D eigenvalue weighted by atomic mass is 79.9. The minimum absolute atomic E-state index is 0.0193. The maximum Gasteiger partial charge on any atom is 0.246 e. The van der Waals surface area contributed by atoms with E-state index >= 15 is 0 Å². The topological polar surface area (TPSA) is 70.2 Å². The van der Waals surface area contributed by atoms with Crippen LogP contribution in [0.4, 0.5) is 5.69 Å². The number of benzene rings is 1. The maximum atomic E-state index is 11.9. The first kappa shape index (κ1) is 15.0. The molecule has 2 rings (SSSR count). The van der Waals surface area contributed by atoms with Crippen LogP contribution in [0.2, 0.25) is 0 Å². The molecule has 0 radical (unpaired) electrons. The molecule has 0 aliphatic carbocycles. The van der Waals surface area contributed by atoms with Gasteiger partial charge in [-0.2, -0.15) is 0 Å². The molecule has 1 aliphatic heterocycles. The van der Waals surface area contributed by atoms with E-state index in [2.05, 4.69) is 31.9 Å². The van der Waals surface area contributed by atoms with E-state index in [-0.39, 0.29) is 23.8 Å². The van der Waals surface area contributed by atoms with E-state index < -0.39 is 0 Å². The minimum Gasteiger partial charge on any atom is -0.355 e. The number of nitrogens with one attached hydrogen (secondary N) is 3. The van der Waals surface area contributed by atoms with Gasteiger partial charge >= 0.3 is 0 Å². The summed E-state index contributed by atoms with van der Waals surface area (Å²) in [7, 11) is 0. The van der Waals surface area contributed by atoms with Crippen molar-refractivity contribution in [3.05, 3.63) is 28.2 Å². The Kier molecular flexibility index (Phi) is 4.77. The molecule has 20 heavy (non-hydrogen) atoms. The van der Waals surface area contributed by atoms with Crippen LogP contribution in [-0.4, -0.2) is 24.9 Å². The van der Waals surface area contributed by atoms with Crippen molar-refractivity contribution in [1.29, 1.82) is 0 Å². The van der Waals surface area contributed by atoms with Crippen LogP contribution in [0.5, 0.6) is 0 Å². The van der Waals surface area contributed by atoms with Crippen molar-refractivity contribution < 1.29 is 9.59 Å². The molecule has 0 saturated heterocycles. The van der Waals surface area contributed by atoms with E-state index in [1.54, 1.807) is 0 Å². The van der Waals surface area contributed by atoms with Crippen molar-refractivity contribution in [1.82, 2.24) is 10.6 Å². The lowest BCUT2D eigenvalue weighted by Crippen LogP contribution is -2.37. The van der Waals surface area contributed by atoms with Crippen molar-refractivity contribution in [2.24, 2.45) is 5.92 Å². The van der Waals surface area contributed by atoms with Crippen LogP contribution in [-0.2, 0) is 9.59 Å². The normalized spacial score (nSPS) is 17.0. The number of anilines is 1. The highest BCUT2D eigenvalue weighted by molar-refractivity contribution is 9.10. The van der Waals surface area contributed by atoms with Crippen LogP contribution in [0.15, 0.2) is 22.7 Å². The number of fused-ring (bicyclic) bond motifs is 1. The van der Waals surface area contributed by atoms with Crippen LogP contribution in [0.3, 0.4) is 0 Å². The van der Waals surface area contributed by atoms with E-state index in [1.165, 1.54) is 0 Å². The second kappa shape index (κ2) is 6.37. The number of amides is 2. The monoisotopic (exact) mass is 339 g/mol. The molecular weight excluding hydrogens is 322 g/mol. The lowest BCUT2D eigenvalue weighted by Gasteiger charge is -2.13. The van der Waals surface area contributed by atoms with Crippen molar-refractivity contribution in [2.75, 3.05) is 18.4 Å². The zero-order valence-corrected chi connectivity index (χ0v) is 13.1. The van der Waals surface area contributed by atoms with Gasteiger partial charge in [0.2, 0.25) is 11.8 Å². The number of carbonyl (C=O) groups is 2. The summed E-state index contributed by atoms with van der Waals surface area (Å²) in [6.45, 7) is 4.74. The highest BCUT2D eigenvalue weighted by Gasteiger charge is 2.29. The van der Waals surface area contributed by atoms with Gasteiger partial charge in [-0.05, 0) is 18.2 Å². The van der Waals surface area contributed by atoms with Crippen LogP contribution >= 0.6 is 15.9 Å². The highest BCUT2D eigenvalue weighted by Crippen LogP contribution is 2.32. The molecule has 1 aliphatic rings. The van der Waals surface area contributed by atoms with Crippen molar-refractivity contribution in [2.45, 2.75) is 19.9 Å². The zero-order chi connectivity index (χ0) is 14.7. The average molecular weight is 340 g/mol. The second-order valence-electron chi connectivity index (χ2n) is 5.05. The lowest BCUT2D eigenvalue weighted by atomic mass is 10.1. The standard InChI is InChI=1S/C14H18BrN3O2/c1-8(2)13(19)17-6-5-16-12-10-7-9(15)3-4-11(10)18-14(12)20/h3-4,7-8,12,16H,5-6H2,1-2H3,(H,17,19)(H,18,20). The summed E-state index contributed by atoms with van der Waals surface area (Å²) in [6, 6.07) is 5.33. The molecule has 0 bridgehead atoms. The molecule has 1 heterocycles. The lowest BCUT2D eigenvalue weighted by molar-refractivity contribution is -0.123. The third kappa shape index (κ3) is 3.37. The predicted molar refractivity (Wildman–Crippen MR) is 81.4 cm³/mol. The van der Waals surface area contributed by atoms with Crippen molar-refractivity contribution in [3.63, 3.8) is 0 Å². The van der Waals surface area contributed by atoms with Crippen molar-refractivity contribution in [3.8, 4) is 0 Å². The number of rotatable bonds is 5. The molecule has 0 aromatic heterocycles. The molecule has 1 atom stereocenters.